The van der Waals surface area contributed by atoms with Gasteiger partial charge in [-0.05, 0) is 44.8 Å². The van der Waals surface area contributed by atoms with Gasteiger partial charge in [-0.1, -0.05) is 18.2 Å². The third-order valence-electron chi connectivity index (χ3n) is 6.21. The van der Waals surface area contributed by atoms with Gasteiger partial charge in [-0.15, -0.1) is 0 Å². The molecule has 0 aliphatic carbocycles. The number of hydrogen-bond acceptors (Lipinski definition) is 6. The molecule has 7 heteroatoms. The zero-order chi connectivity index (χ0) is 20.8. The van der Waals surface area contributed by atoms with Gasteiger partial charge < -0.3 is 15.0 Å². The van der Waals surface area contributed by atoms with E-state index in [-0.39, 0.29) is 17.9 Å². The number of nitrogens with one attached hydrogen (secondary N) is 1. The van der Waals surface area contributed by atoms with Gasteiger partial charge >= 0.3 is 0 Å². The number of nitrogens with zero attached hydrogens (tertiary/aromatic N) is 4. The zero-order valence-electron chi connectivity index (χ0n) is 17.7. The Morgan fingerprint density at radius 1 is 1.20 bits per heavy atom. The third-order valence-corrected chi connectivity index (χ3v) is 6.21. The number of para-hydroxylation sites is 1. The molecule has 0 saturated carbocycles. The molecule has 30 heavy (non-hydrogen) atoms. The summed E-state index contributed by atoms with van der Waals surface area (Å²) in [6.45, 7) is 4.32. The van der Waals surface area contributed by atoms with Crippen LogP contribution in [0.2, 0.25) is 0 Å². The van der Waals surface area contributed by atoms with Crippen LogP contribution < -0.4 is 15.0 Å². The molecule has 0 spiro atoms. The van der Waals surface area contributed by atoms with Crippen LogP contribution >= 0.6 is 0 Å². The molecule has 0 radical (unpaired) electrons. The van der Waals surface area contributed by atoms with Crippen molar-refractivity contribution in [3.05, 3.63) is 48.4 Å². The number of aromatic nitrogens is 2. The summed E-state index contributed by atoms with van der Waals surface area (Å²) in [5, 5.41) is 3.25. The van der Waals surface area contributed by atoms with E-state index in [1.165, 1.54) is 12.8 Å². The molecule has 160 valence electrons. The number of piperidine rings is 1. The third kappa shape index (κ3) is 4.73. The molecule has 1 N–H and O–H groups in total. The Labute approximate surface area is 178 Å². The molecule has 2 aliphatic heterocycles. The van der Waals surface area contributed by atoms with E-state index in [4.69, 9.17) is 4.74 Å². The Hall–Kier alpha value is -2.67. The predicted molar refractivity (Wildman–Crippen MR) is 117 cm³/mol. The fourth-order valence-electron chi connectivity index (χ4n) is 4.63. The minimum atomic E-state index is -0.0300. The van der Waals surface area contributed by atoms with Crippen molar-refractivity contribution in [3.63, 3.8) is 0 Å². The molecular weight excluding hydrogens is 378 g/mol. The highest BCUT2D eigenvalue weighted by atomic mass is 16.5. The Kier molecular flexibility index (Phi) is 6.79. The van der Waals surface area contributed by atoms with Gasteiger partial charge in [0.25, 0.3) is 0 Å². The first-order chi connectivity index (χ1) is 14.8. The highest BCUT2D eigenvalue weighted by molar-refractivity contribution is 5.79. The van der Waals surface area contributed by atoms with E-state index in [2.05, 4.69) is 31.2 Å². The summed E-state index contributed by atoms with van der Waals surface area (Å²) in [5.74, 6) is 1.83. The predicted octanol–water partition coefficient (Wildman–Crippen LogP) is 2.65. The minimum Gasteiger partial charge on any atom is -0.496 e. The van der Waals surface area contributed by atoms with E-state index in [9.17, 15) is 4.79 Å². The fourth-order valence-corrected chi connectivity index (χ4v) is 4.63. The van der Waals surface area contributed by atoms with Gasteiger partial charge in [-0.2, -0.15) is 0 Å². The average Bonchev–Trinajstić information content (AvgIpc) is 3.35. The molecule has 2 atom stereocenters. The SMILES string of the molecule is COc1ccccc1[C@H](CNC(=O)[C@H]1CCCN(c2cnccn2)C1)N1CCCC1. The number of carbonyl (C=O) groups excluding carboxylic acids is 1. The maximum Gasteiger partial charge on any atom is 0.224 e. The van der Waals surface area contributed by atoms with Crippen LogP contribution in [0.4, 0.5) is 5.82 Å². The topological polar surface area (TPSA) is 70.6 Å². The first-order valence-corrected chi connectivity index (χ1v) is 10.9. The molecule has 2 aliphatic rings. The number of hydrogen-bond donors (Lipinski definition) is 1. The lowest BCUT2D eigenvalue weighted by Crippen LogP contribution is -2.45. The zero-order valence-corrected chi connectivity index (χ0v) is 17.7. The van der Waals surface area contributed by atoms with Gasteiger partial charge in [0.05, 0.1) is 25.3 Å². The number of benzene rings is 1. The molecule has 1 aromatic carbocycles. The van der Waals surface area contributed by atoms with E-state index in [0.717, 1.165) is 49.6 Å². The maximum absolute atomic E-state index is 13.1. The Morgan fingerprint density at radius 2 is 2.03 bits per heavy atom. The summed E-state index contributed by atoms with van der Waals surface area (Å²) in [4.78, 5) is 26.2. The minimum absolute atomic E-state index is 0.0300. The van der Waals surface area contributed by atoms with E-state index in [1.807, 2.05) is 18.2 Å². The van der Waals surface area contributed by atoms with Crippen molar-refractivity contribution in [1.82, 2.24) is 20.2 Å². The molecule has 2 saturated heterocycles. The largest absolute Gasteiger partial charge is 0.496 e. The second-order valence-corrected chi connectivity index (χ2v) is 8.09. The summed E-state index contributed by atoms with van der Waals surface area (Å²) in [5.41, 5.74) is 1.15. The molecule has 2 fully saturated rings. The summed E-state index contributed by atoms with van der Waals surface area (Å²) in [6, 6.07) is 8.28. The second kappa shape index (κ2) is 9.89. The lowest BCUT2D eigenvalue weighted by molar-refractivity contribution is -0.125. The van der Waals surface area contributed by atoms with E-state index in [0.29, 0.717) is 13.1 Å². The van der Waals surface area contributed by atoms with Crippen molar-refractivity contribution in [2.24, 2.45) is 5.92 Å². The van der Waals surface area contributed by atoms with Crippen LogP contribution in [0.15, 0.2) is 42.9 Å². The monoisotopic (exact) mass is 409 g/mol. The first kappa shape index (κ1) is 20.6. The van der Waals surface area contributed by atoms with E-state index in [1.54, 1.807) is 25.7 Å². The van der Waals surface area contributed by atoms with Crippen LogP contribution in [0, 0.1) is 5.92 Å². The highest BCUT2D eigenvalue weighted by Gasteiger charge is 2.30. The van der Waals surface area contributed by atoms with Crippen LogP contribution in [0.3, 0.4) is 0 Å². The Balaban J connectivity index is 1.42. The Bertz CT molecular complexity index is 825. The van der Waals surface area contributed by atoms with Gasteiger partial charge in [0.2, 0.25) is 5.91 Å². The number of rotatable bonds is 7. The Morgan fingerprint density at radius 3 is 2.80 bits per heavy atom. The number of ether oxygens (including phenoxy) is 1. The lowest BCUT2D eigenvalue weighted by atomic mass is 9.96. The van der Waals surface area contributed by atoms with Gasteiger partial charge in [-0.3, -0.25) is 14.7 Å². The molecule has 0 bridgehead atoms. The molecule has 4 rings (SSSR count). The molecule has 1 aromatic heterocycles. The van der Waals surface area contributed by atoms with E-state index >= 15 is 0 Å². The summed E-state index contributed by atoms with van der Waals surface area (Å²) in [7, 11) is 1.71. The molecule has 3 heterocycles. The van der Waals surface area contributed by atoms with Crippen LogP contribution in [-0.2, 0) is 4.79 Å². The van der Waals surface area contributed by atoms with Crippen molar-refractivity contribution in [2.75, 3.05) is 44.7 Å². The molecule has 7 nitrogen and oxygen atoms in total. The van der Waals surface area contributed by atoms with Crippen LogP contribution in [0.5, 0.6) is 5.75 Å². The molecule has 1 amide bonds. The van der Waals surface area contributed by atoms with Crippen LogP contribution in [0.1, 0.15) is 37.3 Å². The van der Waals surface area contributed by atoms with Gasteiger partial charge in [0.1, 0.15) is 11.6 Å². The van der Waals surface area contributed by atoms with Crippen molar-refractivity contribution in [2.45, 2.75) is 31.7 Å². The van der Waals surface area contributed by atoms with Crippen molar-refractivity contribution in [3.8, 4) is 5.75 Å². The van der Waals surface area contributed by atoms with Gasteiger partial charge in [0, 0.05) is 37.6 Å². The molecule has 2 aromatic rings. The lowest BCUT2D eigenvalue weighted by Gasteiger charge is -2.34. The van der Waals surface area contributed by atoms with Crippen LogP contribution in [-0.4, -0.2) is 60.6 Å². The van der Waals surface area contributed by atoms with Gasteiger partial charge in [0.15, 0.2) is 0 Å². The standard InChI is InChI=1S/C23H31N5O2/c1-30-21-9-3-2-8-19(21)20(27-12-4-5-13-27)15-26-23(29)18-7-6-14-28(17-18)22-16-24-10-11-25-22/h2-3,8-11,16,18,20H,4-7,12-15,17H2,1H3,(H,26,29)/t18-,20-/m0/s1. The number of methoxy groups -OCH3 is 1. The number of anilines is 1. The fraction of sp³-hybridized carbons (Fsp3) is 0.522. The molecular formula is C23H31N5O2. The number of amides is 1. The summed E-state index contributed by atoms with van der Waals surface area (Å²) in [6.07, 6.45) is 9.44. The summed E-state index contributed by atoms with van der Waals surface area (Å²) >= 11 is 0. The smallest absolute Gasteiger partial charge is 0.224 e. The molecule has 0 unspecified atom stereocenters. The quantitative estimate of drug-likeness (QED) is 0.758. The highest BCUT2D eigenvalue weighted by Crippen LogP contribution is 2.31. The van der Waals surface area contributed by atoms with Gasteiger partial charge in [-0.25, -0.2) is 4.98 Å². The van der Waals surface area contributed by atoms with Crippen molar-refractivity contribution in [1.29, 1.82) is 0 Å². The van der Waals surface area contributed by atoms with Crippen LogP contribution in [0.25, 0.3) is 0 Å². The normalized spacial score (nSPS) is 20.7. The number of carbonyl (C=O) groups is 1. The van der Waals surface area contributed by atoms with Crippen molar-refractivity contribution < 1.29 is 9.53 Å². The number of likely N-dealkylation sites (tertiary alicyclic amines) is 1. The second-order valence-electron chi connectivity index (χ2n) is 8.09. The summed E-state index contributed by atoms with van der Waals surface area (Å²) < 4.78 is 5.61. The van der Waals surface area contributed by atoms with Crippen molar-refractivity contribution >= 4 is 11.7 Å². The maximum atomic E-state index is 13.1. The van der Waals surface area contributed by atoms with E-state index < -0.39 is 0 Å². The average molecular weight is 410 g/mol. The first-order valence-electron chi connectivity index (χ1n) is 10.9.